The van der Waals surface area contributed by atoms with Gasteiger partial charge < -0.3 is 0 Å². The summed E-state index contributed by atoms with van der Waals surface area (Å²) >= 11 is 0. The van der Waals surface area contributed by atoms with E-state index in [1.165, 1.54) is 76.1 Å². The molecule has 106 heavy (non-hydrogen) atoms. The highest BCUT2D eigenvalue weighted by atomic mass is 15.0. The number of aromatic nitrogens is 6. The minimum Gasteiger partial charge on any atom is -0.208 e. The summed E-state index contributed by atoms with van der Waals surface area (Å²) in [6.07, 6.45) is 0. The quantitative estimate of drug-likeness (QED) is 0.120. The van der Waals surface area contributed by atoms with Crippen LogP contribution in [-0.4, -0.2) is 29.9 Å². The molecule has 18 aromatic carbocycles. The van der Waals surface area contributed by atoms with Gasteiger partial charge in [0.05, 0.1) is 0 Å². The summed E-state index contributed by atoms with van der Waals surface area (Å²) in [5.41, 5.74) is 17.4. The van der Waals surface area contributed by atoms with Gasteiger partial charge in [0.2, 0.25) is 0 Å². The molecule has 0 spiro atoms. The standard InChI is InChI=1S/C51H33N3.C49H31N3/c1-3-12-34(13-4-1)46-32-44-18-9-10-21-47(44)48(33-46)51-53-49(36-15-5-2-6-16-36)52-50(54-51)45-20-11-19-38(31-45)39-24-25-43-30-42(27-26-41(43)29-39)40-23-22-35-14-7-8-17-37(35)28-40;1-2-12-35(13-3-1)47-50-48(52-49(51-47)45-19-9-15-34-22-21-33-11-6-7-18-44(33)46(34)45)43-17-8-16-37(31-43)38-24-25-42-30-41(27-26-40(42)29-38)39-23-20-32-10-4-5-14-36(32)28-39/h1-33H;1-31H. The lowest BCUT2D eigenvalue weighted by atomic mass is 9.96. The van der Waals surface area contributed by atoms with Crippen LogP contribution in [0.5, 0.6) is 0 Å². The molecule has 2 heterocycles. The zero-order chi connectivity index (χ0) is 70.3. The summed E-state index contributed by atoms with van der Waals surface area (Å²) in [5, 5.41) is 16.7. The summed E-state index contributed by atoms with van der Waals surface area (Å²) in [6.45, 7) is 0. The second-order valence-corrected chi connectivity index (χ2v) is 27.0. The van der Waals surface area contributed by atoms with Crippen molar-refractivity contribution in [1.29, 1.82) is 0 Å². The Hall–Kier alpha value is -14.2. The molecule has 0 fully saturated rings. The Balaban J connectivity index is 0.000000145. The molecule has 0 aliphatic rings. The maximum absolute atomic E-state index is 5.20. The zero-order valence-electron chi connectivity index (χ0n) is 57.6. The van der Waals surface area contributed by atoms with Crippen molar-refractivity contribution in [3.05, 3.63) is 388 Å². The Labute approximate surface area is 613 Å². The topological polar surface area (TPSA) is 77.3 Å². The molecule has 6 heteroatoms. The van der Waals surface area contributed by atoms with Gasteiger partial charge in [-0.15, -0.1) is 0 Å². The molecule has 0 saturated carbocycles. The van der Waals surface area contributed by atoms with Gasteiger partial charge in [-0.05, 0) is 186 Å². The Bertz CT molecular complexity index is 6770. The maximum atomic E-state index is 5.20. The summed E-state index contributed by atoms with van der Waals surface area (Å²) in [6, 6.07) is 137. The van der Waals surface area contributed by atoms with Crippen LogP contribution in [0, 0.1) is 0 Å². The molecular weight excluding hydrogens is 1290 g/mol. The number of benzene rings is 18. The lowest BCUT2D eigenvalue weighted by Crippen LogP contribution is -2.01. The normalized spacial score (nSPS) is 11.4. The van der Waals surface area contributed by atoms with E-state index in [-0.39, 0.29) is 0 Å². The van der Waals surface area contributed by atoms with Gasteiger partial charge in [0, 0.05) is 38.8 Å². The largest absolute Gasteiger partial charge is 0.208 e. The summed E-state index contributed by atoms with van der Waals surface area (Å²) in [4.78, 5) is 30.7. The van der Waals surface area contributed by atoms with Gasteiger partial charge in [-0.25, -0.2) is 29.9 Å². The fourth-order valence-corrected chi connectivity index (χ4v) is 14.8. The first-order chi connectivity index (χ1) is 52.4. The molecule has 0 unspecified atom stereocenters. The van der Waals surface area contributed by atoms with Crippen LogP contribution in [0.2, 0.25) is 0 Å². The third kappa shape index (κ3) is 12.4. The van der Waals surface area contributed by atoms with Crippen molar-refractivity contribution in [2.45, 2.75) is 0 Å². The predicted molar refractivity (Wildman–Crippen MR) is 442 cm³/mol. The molecule has 0 radical (unpaired) electrons. The minimum atomic E-state index is 0.635. The first-order valence-corrected chi connectivity index (χ1v) is 35.9. The van der Waals surface area contributed by atoms with Crippen LogP contribution in [0.1, 0.15) is 0 Å². The molecule has 2 aromatic heterocycles. The van der Waals surface area contributed by atoms with Crippen LogP contribution in [0.3, 0.4) is 0 Å². The van der Waals surface area contributed by atoms with E-state index in [4.69, 9.17) is 29.9 Å². The molecule has 0 bridgehead atoms. The molecule has 6 nitrogen and oxygen atoms in total. The Morgan fingerprint density at radius 2 is 0.406 bits per heavy atom. The van der Waals surface area contributed by atoms with Crippen LogP contribution in [0.15, 0.2) is 388 Å². The van der Waals surface area contributed by atoms with Gasteiger partial charge in [-0.1, -0.05) is 328 Å². The first-order valence-electron chi connectivity index (χ1n) is 35.9. The van der Waals surface area contributed by atoms with Gasteiger partial charge in [0.1, 0.15) is 0 Å². The predicted octanol–water partition coefficient (Wildman–Crippen LogP) is 26.2. The van der Waals surface area contributed by atoms with E-state index in [1.807, 2.05) is 42.5 Å². The maximum Gasteiger partial charge on any atom is 0.164 e. The molecule has 0 amide bonds. The van der Waals surface area contributed by atoms with Crippen LogP contribution in [-0.2, 0) is 0 Å². The third-order valence-electron chi connectivity index (χ3n) is 20.3. The molecule has 494 valence electrons. The zero-order valence-corrected chi connectivity index (χ0v) is 57.6. The van der Waals surface area contributed by atoms with E-state index in [0.29, 0.717) is 34.9 Å². The number of nitrogens with zero attached hydrogens (tertiary/aromatic N) is 6. The molecule has 0 saturated heterocycles. The molecule has 20 rings (SSSR count). The van der Waals surface area contributed by atoms with Gasteiger partial charge in [0.25, 0.3) is 0 Å². The number of hydrogen-bond acceptors (Lipinski definition) is 6. The van der Waals surface area contributed by atoms with Gasteiger partial charge >= 0.3 is 0 Å². The highest BCUT2D eigenvalue weighted by Gasteiger charge is 2.20. The summed E-state index contributed by atoms with van der Waals surface area (Å²) in [7, 11) is 0. The van der Waals surface area contributed by atoms with E-state index in [0.717, 1.165) is 88.3 Å². The van der Waals surface area contributed by atoms with E-state index >= 15 is 0 Å². The van der Waals surface area contributed by atoms with E-state index in [9.17, 15) is 0 Å². The minimum absolute atomic E-state index is 0.635. The molecule has 0 N–H and O–H groups in total. The smallest absolute Gasteiger partial charge is 0.164 e. The molecule has 0 aliphatic carbocycles. The van der Waals surface area contributed by atoms with Crippen molar-refractivity contribution in [3.63, 3.8) is 0 Å². The SMILES string of the molecule is c1ccc(-c2cc(-c3nc(-c4ccccc4)nc(-c4cccc(-c5ccc6cc(-c7ccc8ccccc8c7)ccc6c5)c4)n3)c3ccccc3c2)cc1.c1ccc(-c2nc(-c3cccc(-c4ccc5cc(-c6ccc7ccccc7c6)ccc5c4)c3)nc(-c3cccc4ccc5ccccc5c34)n2)cc1. The monoisotopic (exact) mass is 1350 g/mol. The van der Waals surface area contributed by atoms with Gasteiger partial charge in [0.15, 0.2) is 34.9 Å². The lowest BCUT2D eigenvalue weighted by molar-refractivity contribution is 1.08. The summed E-state index contributed by atoms with van der Waals surface area (Å²) in [5.74, 6) is 3.87. The van der Waals surface area contributed by atoms with Crippen LogP contribution >= 0.6 is 0 Å². The van der Waals surface area contributed by atoms with Crippen LogP contribution in [0.4, 0.5) is 0 Å². The Kier molecular flexibility index (Phi) is 16.2. The fraction of sp³-hybridized carbons (Fsp3) is 0. The van der Waals surface area contributed by atoms with E-state index in [2.05, 4.69) is 346 Å². The van der Waals surface area contributed by atoms with Crippen molar-refractivity contribution in [1.82, 2.24) is 29.9 Å². The Morgan fingerprint density at radius 1 is 0.123 bits per heavy atom. The molecule has 0 aliphatic heterocycles. The fourth-order valence-electron chi connectivity index (χ4n) is 14.8. The highest BCUT2D eigenvalue weighted by Crippen LogP contribution is 2.40. The Morgan fingerprint density at radius 3 is 0.877 bits per heavy atom. The van der Waals surface area contributed by atoms with E-state index in [1.54, 1.807) is 0 Å². The van der Waals surface area contributed by atoms with Crippen molar-refractivity contribution in [2.75, 3.05) is 0 Å². The molecular formula is C100H64N6. The van der Waals surface area contributed by atoms with Crippen molar-refractivity contribution < 1.29 is 0 Å². The highest BCUT2D eigenvalue weighted by molar-refractivity contribution is 6.14. The van der Waals surface area contributed by atoms with Crippen molar-refractivity contribution in [3.8, 4) is 124 Å². The van der Waals surface area contributed by atoms with Crippen LogP contribution < -0.4 is 0 Å². The van der Waals surface area contributed by atoms with Gasteiger partial charge in [-0.2, -0.15) is 0 Å². The van der Waals surface area contributed by atoms with Gasteiger partial charge in [-0.3, -0.25) is 0 Å². The third-order valence-corrected chi connectivity index (χ3v) is 20.3. The molecule has 0 atom stereocenters. The van der Waals surface area contributed by atoms with Crippen molar-refractivity contribution in [2.24, 2.45) is 0 Å². The second-order valence-electron chi connectivity index (χ2n) is 27.0. The summed E-state index contributed by atoms with van der Waals surface area (Å²) < 4.78 is 0. The lowest BCUT2D eigenvalue weighted by Gasteiger charge is -2.13. The number of fused-ring (bicyclic) bond motifs is 8. The number of hydrogen-bond donors (Lipinski definition) is 0. The average Bonchev–Trinajstić information content (AvgIpc) is 0.761. The van der Waals surface area contributed by atoms with Crippen molar-refractivity contribution >= 4 is 75.4 Å². The van der Waals surface area contributed by atoms with E-state index < -0.39 is 0 Å². The number of rotatable bonds is 11. The van der Waals surface area contributed by atoms with Crippen LogP contribution in [0.25, 0.3) is 199 Å². The second kappa shape index (κ2) is 27.3. The average molecular weight is 1350 g/mol. The first kappa shape index (κ1) is 62.8. The molecule has 20 aromatic rings.